The van der Waals surface area contributed by atoms with Gasteiger partial charge < -0.3 is 0 Å². The van der Waals surface area contributed by atoms with Gasteiger partial charge in [-0.1, -0.05) is 43.0 Å². The van der Waals surface area contributed by atoms with Crippen LogP contribution in [0, 0.1) is 0 Å². The Labute approximate surface area is 77.4 Å². The molecule has 0 atom stereocenters. The van der Waals surface area contributed by atoms with E-state index in [1.165, 1.54) is 0 Å². The Morgan fingerprint density at radius 2 is 2.08 bits per heavy atom. The van der Waals surface area contributed by atoms with E-state index in [-0.39, 0.29) is 5.78 Å². The summed E-state index contributed by atoms with van der Waals surface area (Å²) >= 11 is 0. The molecule has 1 aliphatic rings. The first-order valence-corrected chi connectivity index (χ1v) is 4.27. The third kappa shape index (κ3) is 1.22. The maximum absolute atomic E-state index is 11.7. The van der Waals surface area contributed by atoms with Crippen LogP contribution in [0.1, 0.15) is 15.9 Å². The molecule has 1 heteroatoms. The molecule has 0 saturated carbocycles. The summed E-state index contributed by atoms with van der Waals surface area (Å²) in [5.74, 6) is 0.149. The smallest absolute Gasteiger partial charge is 0.189 e. The number of carbonyl (C=O) groups is 1. The van der Waals surface area contributed by atoms with Crippen molar-refractivity contribution in [2.45, 2.75) is 6.42 Å². The minimum atomic E-state index is 0.149. The summed E-state index contributed by atoms with van der Waals surface area (Å²) in [5, 5.41) is 0. The van der Waals surface area contributed by atoms with Gasteiger partial charge in [-0.25, -0.2) is 0 Å². The average Bonchev–Trinajstić information content (AvgIpc) is 2.46. The van der Waals surface area contributed by atoms with Gasteiger partial charge in [-0.2, -0.15) is 0 Å². The highest BCUT2D eigenvalue weighted by Crippen LogP contribution is 2.25. The van der Waals surface area contributed by atoms with E-state index in [0.717, 1.165) is 23.1 Å². The van der Waals surface area contributed by atoms with Gasteiger partial charge in [-0.15, -0.1) is 0 Å². The molecular formula is C12H10O. The van der Waals surface area contributed by atoms with Crippen LogP contribution in [0.5, 0.6) is 0 Å². The molecule has 0 bridgehead atoms. The van der Waals surface area contributed by atoms with Crippen molar-refractivity contribution >= 4 is 5.78 Å². The van der Waals surface area contributed by atoms with Crippen molar-refractivity contribution in [3.05, 3.63) is 59.7 Å². The van der Waals surface area contributed by atoms with E-state index in [1.807, 2.05) is 24.3 Å². The molecule has 1 aliphatic carbocycles. The Hall–Kier alpha value is -1.63. The monoisotopic (exact) mass is 170 g/mol. The molecule has 1 aromatic rings. The van der Waals surface area contributed by atoms with Crippen LogP contribution < -0.4 is 0 Å². The van der Waals surface area contributed by atoms with Crippen molar-refractivity contribution in [2.24, 2.45) is 0 Å². The molecule has 13 heavy (non-hydrogen) atoms. The van der Waals surface area contributed by atoms with Gasteiger partial charge in [-0.3, -0.25) is 4.79 Å². The van der Waals surface area contributed by atoms with E-state index < -0.39 is 0 Å². The van der Waals surface area contributed by atoms with Gasteiger partial charge in [0.2, 0.25) is 0 Å². The zero-order chi connectivity index (χ0) is 9.26. The number of rotatable bonds is 1. The number of Topliss-reactive ketones (excluding diaryl/α,β-unsaturated/α-hetero) is 1. The lowest BCUT2D eigenvalue weighted by Crippen LogP contribution is -1.94. The average molecular weight is 170 g/mol. The molecule has 64 valence electrons. The lowest BCUT2D eigenvalue weighted by atomic mass is 10.1. The zero-order valence-corrected chi connectivity index (χ0v) is 7.29. The summed E-state index contributed by atoms with van der Waals surface area (Å²) in [6, 6.07) is 7.73. The minimum Gasteiger partial charge on any atom is -0.289 e. The Balaban J connectivity index is 2.49. The van der Waals surface area contributed by atoms with Gasteiger partial charge in [0.15, 0.2) is 5.78 Å². The van der Waals surface area contributed by atoms with E-state index in [9.17, 15) is 4.79 Å². The van der Waals surface area contributed by atoms with Gasteiger partial charge in [0, 0.05) is 17.6 Å². The van der Waals surface area contributed by atoms with E-state index in [2.05, 4.69) is 6.58 Å². The molecule has 2 rings (SSSR count). The van der Waals surface area contributed by atoms with Crippen LogP contribution in [0.4, 0.5) is 0 Å². The molecule has 0 spiro atoms. The van der Waals surface area contributed by atoms with Crippen LogP contribution in [-0.2, 0) is 6.42 Å². The number of fused-ring (bicyclic) bond motifs is 1. The zero-order valence-electron chi connectivity index (χ0n) is 7.29. The van der Waals surface area contributed by atoms with Crippen molar-refractivity contribution in [2.75, 3.05) is 0 Å². The van der Waals surface area contributed by atoms with Crippen molar-refractivity contribution in [3.63, 3.8) is 0 Å². The van der Waals surface area contributed by atoms with Crippen LogP contribution in [0.25, 0.3) is 0 Å². The van der Waals surface area contributed by atoms with E-state index in [0.29, 0.717) is 0 Å². The van der Waals surface area contributed by atoms with Gasteiger partial charge >= 0.3 is 0 Å². The fourth-order valence-electron chi connectivity index (χ4n) is 1.63. The molecule has 0 heterocycles. The second-order valence-electron chi connectivity index (χ2n) is 3.09. The van der Waals surface area contributed by atoms with Gasteiger partial charge in [0.1, 0.15) is 0 Å². The second kappa shape index (κ2) is 3.02. The first-order chi connectivity index (χ1) is 6.33. The highest BCUT2D eigenvalue weighted by atomic mass is 16.1. The van der Waals surface area contributed by atoms with Crippen LogP contribution >= 0.6 is 0 Å². The summed E-state index contributed by atoms with van der Waals surface area (Å²) in [6.45, 7) is 3.59. The van der Waals surface area contributed by atoms with E-state index >= 15 is 0 Å². The highest BCUT2D eigenvalue weighted by Gasteiger charge is 2.22. The van der Waals surface area contributed by atoms with Crippen LogP contribution in [0.3, 0.4) is 0 Å². The number of hydrogen-bond acceptors (Lipinski definition) is 1. The number of hydrogen-bond donors (Lipinski definition) is 0. The lowest BCUT2D eigenvalue weighted by Gasteiger charge is -1.91. The predicted octanol–water partition coefficient (Wildman–Crippen LogP) is 2.54. The molecule has 1 aromatic carbocycles. The number of benzene rings is 1. The minimum absolute atomic E-state index is 0.149. The second-order valence-corrected chi connectivity index (χ2v) is 3.09. The van der Waals surface area contributed by atoms with Crippen molar-refractivity contribution in [3.8, 4) is 0 Å². The third-order valence-corrected chi connectivity index (χ3v) is 2.25. The number of ketones is 1. The lowest BCUT2D eigenvalue weighted by molar-refractivity contribution is 0.103. The molecule has 0 N–H and O–H groups in total. The molecule has 0 unspecified atom stereocenters. The highest BCUT2D eigenvalue weighted by molar-refractivity contribution is 6.13. The first-order valence-electron chi connectivity index (χ1n) is 4.27. The van der Waals surface area contributed by atoms with Gasteiger partial charge in [0.25, 0.3) is 0 Å². The Morgan fingerprint density at radius 1 is 1.31 bits per heavy atom. The van der Waals surface area contributed by atoms with Crippen LogP contribution in [-0.4, -0.2) is 5.78 Å². The topological polar surface area (TPSA) is 17.1 Å². The summed E-state index contributed by atoms with van der Waals surface area (Å²) in [4.78, 5) is 11.7. The fraction of sp³-hybridized carbons (Fsp3) is 0.0833. The summed E-state index contributed by atoms with van der Waals surface area (Å²) in [5.41, 5.74) is 2.81. The normalized spacial score (nSPS) is 17.5. The molecular weight excluding hydrogens is 160 g/mol. The van der Waals surface area contributed by atoms with E-state index in [1.54, 1.807) is 12.2 Å². The Morgan fingerprint density at radius 3 is 2.77 bits per heavy atom. The van der Waals surface area contributed by atoms with E-state index in [4.69, 9.17) is 0 Å². The maximum atomic E-state index is 11.7. The quantitative estimate of drug-likeness (QED) is 0.592. The number of carbonyl (C=O) groups excluding carboxylic acids is 1. The Bertz CT molecular complexity index is 399. The van der Waals surface area contributed by atoms with Crippen molar-refractivity contribution in [1.29, 1.82) is 0 Å². The van der Waals surface area contributed by atoms with Gasteiger partial charge in [-0.05, 0) is 5.56 Å². The molecule has 1 nitrogen and oxygen atoms in total. The number of allylic oxidation sites excluding steroid dienone is 3. The predicted molar refractivity (Wildman–Crippen MR) is 52.8 cm³/mol. The van der Waals surface area contributed by atoms with Crippen LogP contribution in [0.15, 0.2) is 48.6 Å². The molecule has 0 aromatic heterocycles. The summed E-state index contributed by atoms with van der Waals surface area (Å²) in [6.07, 6.45) is 4.21. The molecule has 0 fully saturated rings. The SMILES string of the molecule is C=CC=C1Cc2ccccc2C1=O. The molecule has 0 saturated heterocycles. The standard InChI is InChI=1S/C12H10O/c1-2-5-10-8-9-6-3-4-7-11(9)12(10)13/h2-7H,1,8H2. The maximum Gasteiger partial charge on any atom is 0.189 e. The van der Waals surface area contributed by atoms with Crippen molar-refractivity contribution in [1.82, 2.24) is 0 Å². The molecule has 0 aliphatic heterocycles. The largest absolute Gasteiger partial charge is 0.289 e. The Kier molecular flexibility index (Phi) is 1.85. The molecule has 0 amide bonds. The fourth-order valence-corrected chi connectivity index (χ4v) is 1.63. The van der Waals surface area contributed by atoms with Gasteiger partial charge in [0.05, 0.1) is 0 Å². The summed E-state index contributed by atoms with van der Waals surface area (Å²) < 4.78 is 0. The van der Waals surface area contributed by atoms with Crippen molar-refractivity contribution < 1.29 is 4.79 Å². The summed E-state index contributed by atoms with van der Waals surface area (Å²) in [7, 11) is 0. The molecule has 0 radical (unpaired) electrons. The third-order valence-electron chi connectivity index (χ3n) is 2.25. The first kappa shape index (κ1) is 7.99. The van der Waals surface area contributed by atoms with Crippen LogP contribution in [0.2, 0.25) is 0 Å².